The van der Waals surface area contributed by atoms with Crippen LogP contribution in [-0.2, 0) is 0 Å². The molecule has 3 heteroatoms. The number of nitrogens with zero attached hydrogens (tertiary/aromatic N) is 2. The van der Waals surface area contributed by atoms with E-state index in [0.717, 1.165) is 19.5 Å². The summed E-state index contributed by atoms with van der Waals surface area (Å²) in [4.78, 5) is 2.51. The Bertz CT molecular complexity index is 263. The second-order valence-electron chi connectivity index (χ2n) is 5.48. The zero-order chi connectivity index (χ0) is 10.9. The van der Waals surface area contributed by atoms with Crippen molar-refractivity contribution in [1.82, 2.24) is 4.90 Å². The molecule has 2 atom stereocenters. The van der Waals surface area contributed by atoms with Gasteiger partial charge in [0.1, 0.15) is 0 Å². The molecule has 0 aromatic rings. The Morgan fingerprint density at radius 1 is 1.60 bits per heavy atom. The van der Waals surface area contributed by atoms with Crippen molar-refractivity contribution >= 4 is 0 Å². The second kappa shape index (κ2) is 4.11. The van der Waals surface area contributed by atoms with E-state index < -0.39 is 0 Å². The van der Waals surface area contributed by atoms with Gasteiger partial charge >= 0.3 is 0 Å². The van der Waals surface area contributed by atoms with Crippen molar-refractivity contribution in [3.8, 4) is 6.07 Å². The van der Waals surface area contributed by atoms with E-state index >= 15 is 0 Å². The number of likely N-dealkylation sites (tertiary alicyclic amines) is 1. The summed E-state index contributed by atoms with van der Waals surface area (Å²) in [6.07, 6.45) is 4.48. The average Bonchev–Trinajstić information content (AvgIpc) is 2.77. The van der Waals surface area contributed by atoms with E-state index in [-0.39, 0.29) is 0 Å². The summed E-state index contributed by atoms with van der Waals surface area (Å²) < 4.78 is 0. The van der Waals surface area contributed by atoms with Gasteiger partial charge in [-0.3, -0.25) is 0 Å². The van der Waals surface area contributed by atoms with Gasteiger partial charge in [0.05, 0.1) is 6.07 Å². The fourth-order valence-corrected chi connectivity index (χ4v) is 2.64. The van der Waals surface area contributed by atoms with Crippen LogP contribution in [0.5, 0.6) is 0 Å². The van der Waals surface area contributed by atoms with Crippen molar-refractivity contribution < 1.29 is 0 Å². The van der Waals surface area contributed by atoms with Gasteiger partial charge in [-0.25, -0.2) is 0 Å². The fourth-order valence-electron chi connectivity index (χ4n) is 2.64. The minimum atomic E-state index is 0.320. The molecule has 0 radical (unpaired) electrons. The quantitative estimate of drug-likeness (QED) is 0.757. The second-order valence-corrected chi connectivity index (χ2v) is 5.48. The van der Waals surface area contributed by atoms with E-state index in [1.807, 2.05) is 0 Å². The van der Waals surface area contributed by atoms with Gasteiger partial charge in [0.15, 0.2) is 0 Å². The first-order valence-corrected chi connectivity index (χ1v) is 6.00. The Labute approximate surface area is 92.2 Å². The van der Waals surface area contributed by atoms with Crippen LogP contribution in [0.2, 0.25) is 0 Å². The van der Waals surface area contributed by atoms with Crippen molar-refractivity contribution in [3.05, 3.63) is 0 Å². The zero-order valence-electron chi connectivity index (χ0n) is 9.58. The first-order valence-electron chi connectivity index (χ1n) is 6.00. The number of rotatable bonds is 4. The zero-order valence-corrected chi connectivity index (χ0v) is 9.58. The summed E-state index contributed by atoms with van der Waals surface area (Å²) >= 11 is 0. The highest BCUT2D eigenvalue weighted by atomic mass is 15.2. The maximum absolute atomic E-state index is 8.77. The lowest BCUT2D eigenvalue weighted by molar-refractivity contribution is 0.253. The molecule has 2 aliphatic rings. The molecule has 2 rings (SSSR count). The molecule has 0 aromatic heterocycles. The van der Waals surface area contributed by atoms with Crippen LogP contribution in [0, 0.1) is 22.7 Å². The van der Waals surface area contributed by atoms with Gasteiger partial charge < -0.3 is 10.6 Å². The topological polar surface area (TPSA) is 53.0 Å². The third-order valence-corrected chi connectivity index (χ3v) is 4.02. The summed E-state index contributed by atoms with van der Waals surface area (Å²) in [5.41, 5.74) is 6.28. The predicted molar refractivity (Wildman–Crippen MR) is 60.1 cm³/mol. The van der Waals surface area contributed by atoms with Gasteiger partial charge in [-0.15, -0.1) is 0 Å². The molecule has 15 heavy (non-hydrogen) atoms. The Morgan fingerprint density at radius 2 is 2.33 bits per heavy atom. The van der Waals surface area contributed by atoms with Crippen LogP contribution in [0.4, 0.5) is 0 Å². The van der Waals surface area contributed by atoms with Crippen molar-refractivity contribution in [1.29, 1.82) is 5.26 Å². The smallest absolute Gasteiger partial charge is 0.0628 e. The van der Waals surface area contributed by atoms with Gasteiger partial charge in [-0.1, -0.05) is 0 Å². The molecule has 1 saturated carbocycles. The summed E-state index contributed by atoms with van der Waals surface area (Å²) in [6, 6.07) is 2.65. The maximum atomic E-state index is 8.77. The Morgan fingerprint density at radius 3 is 2.80 bits per heavy atom. The lowest BCUT2D eigenvalue weighted by Crippen LogP contribution is -2.32. The van der Waals surface area contributed by atoms with E-state index in [1.54, 1.807) is 0 Å². The van der Waals surface area contributed by atoms with Gasteiger partial charge in [-0.2, -0.15) is 5.26 Å². The SMILES string of the molecule is CC(N)C1CCN(CC2(CC#N)CC2)C1. The Balaban J connectivity index is 1.80. The minimum Gasteiger partial charge on any atom is -0.328 e. The first-order chi connectivity index (χ1) is 7.15. The molecule has 1 heterocycles. The number of hydrogen-bond donors (Lipinski definition) is 1. The van der Waals surface area contributed by atoms with Crippen molar-refractivity contribution in [2.24, 2.45) is 17.1 Å². The molecule has 2 fully saturated rings. The molecule has 0 amide bonds. The highest BCUT2D eigenvalue weighted by Crippen LogP contribution is 2.49. The van der Waals surface area contributed by atoms with Crippen LogP contribution in [0.15, 0.2) is 0 Å². The number of nitriles is 1. The van der Waals surface area contributed by atoms with Crippen LogP contribution >= 0.6 is 0 Å². The van der Waals surface area contributed by atoms with Gasteiger partial charge in [0.2, 0.25) is 0 Å². The van der Waals surface area contributed by atoms with E-state index in [4.69, 9.17) is 11.0 Å². The lowest BCUT2D eigenvalue weighted by Gasteiger charge is -2.22. The van der Waals surface area contributed by atoms with Crippen LogP contribution in [0.25, 0.3) is 0 Å². The van der Waals surface area contributed by atoms with Crippen LogP contribution in [-0.4, -0.2) is 30.6 Å². The fraction of sp³-hybridized carbons (Fsp3) is 0.917. The van der Waals surface area contributed by atoms with Gasteiger partial charge in [0.25, 0.3) is 0 Å². The summed E-state index contributed by atoms with van der Waals surface area (Å²) in [5, 5.41) is 8.77. The maximum Gasteiger partial charge on any atom is 0.0628 e. The number of nitrogens with two attached hydrogens (primary N) is 1. The minimum absolute atomic E-state index is 0.320. The molecule has 0 spiro atoms. The number of hydrogen-bond acceptors (Lipinski definition) is 3. The van der Waals surface area contributed by atoms with Crippen LogP contribution < -0.4 is 5.73 Å². The van der Waals surface area contributed by atoms with Crippen molar-refractivity contribution in [3.63, 3.8) is 0 Å². The summed E-state index contributed by atoms with van der Waals surface area (Å²) in [7, 11) is 0. The molecular formula is C12H21N3. The Kier molecular flexibility index (Phi) is 2.99. The third-order valence-electron chi connectivity index (χ3n) is 4.02. The standard InChI is InChI=1S/C12H21N3/c1-10(14)11-2-7-15(8-11)9-12(3-4-12)5-6-13/h10-11H,2-5,7-9,14H2,1H3. The molecule has 84 valence electrons. The van der Waals surface area contributed by atoms with Crippen LogP contribution in [0.3, 0.4) is 0 Å². The van der Waals surface area contributed by atoms with Gasteiger partial charge in [0, 0.05) is 25.6 Å². The van der Waals surface area contributed by atoms with Crippen LogP contribution in [0.1, 0.15) is 32.6 Å². The third kappa shape index (κ3) is 2.50. The molecule has 2 N–H and O–H groups in total. The average molecular weight is 207 g/mol. The van der Waals surface area contributed by atoms with Gasteiger partial charge in [-0.05, 0) is 44.1 Å². The molecule has 3 nitrogen and oxygen atoms in total. The highest BCUT2D eigenvalue weighted by molar-refractivity contribution is 5.02. The summed E-state index contributed by atoms with van der Waals surface area (Å²) in [6.45, 7) is 5.56. The lowest BCUT2D eigenvalue weighted by atomic mass is 10.0. The first kappa shape index (κ1) is 10.9. The predicted octanol–water partition coefficient (Wildman–Crippen LogP) is 1.35. The normalized spacial score (nSPS) is 31.1. The molecule has 1 aliphatic carbocycles. The van der Waals surface area contributed by atoms with E-state index in [0.29, 0.717) is 17.4 Å². The monoisotopic (exact) mass is 207 g/mol. The van der Waals surface area contributed by atoms with Crippen molar-refractivity contribution in [2.75, 3.05) is 19.6 Å². The molecule has 0 aromatic carbocycles. The molecular weight excluding hydrogens is 186 g/mol. The van der Waals surface area contributed by atoms with Crippen molar-refractivity contribution in [2.45, 2.75) is 38.6 Å². The molecule has 2 unspecified atom stereocenters. The molecule has 1 saturated heterocycles. The van der Waals surface area contributed by atoms with E-state index in [2.05, 4.69) is 17.9 Å². The largest absolute Gasteiger partial charge is 0.328 e. The Hall–Kier alpha value is -0.590. The highest BCUT2D eigenvalue weighted by Gasteiger charge is 2.44. The van der Waals surface area contributed by atoms with E-state index in [1.165, 1.54) is 25.8 Å². The molecule has 0 bridgehead atoms. The summed E-state index contributed by atoms with van der Waals surface area (Å²) in [5.74, 6) is 0.669. The van der Waals surface area contributed by atoms with E-state index in [9.17, 15) is 0 Å². The molecule has 1 aliphatic heterocycles.